The van der Waals surface area contributed by atoms with Crippen molar-refractivity contribution in [1.82, 2.24) is 4.90 Å². The molecule has 0 bridgehead atoms. The third-order valence-corrected chi connectivity index (χ3v) is 6.82. The Balaban J connectivity index is 1.84. The van der Waals surface area contributed by atoms with E-state index in [1.807, 2.05) is 25.1 Å². The summed E-state index contributed by atoms with van der Waals surface area (Å²) in [7, 11) is -1.54. The maximum Gasteiger partial charge on any atom is 0.254 e. The summed E-state index contributed by atoms with van der Waals surface area (Å²) >= 11 is 6.04. The summed E-state index contributed by atoms with van der Waals surface area (Å²) in [6.07, 6.45) is 0.603. The first-order valence-electron chi connectivity index (χ1n) is 8.43. The van der Waals surface area contributed by atoms with E-state index in [1.165, 1.54) is 4.31 Å². The van der Waals surface area contributed by atoms with Gasteiger partial charge in [0.2, 0.25) is 10.0 Å². The smallest absolute Gasteiger partial charge is 0.254 e. The third-order valence-electron chi connectivity index (χ3n) is 4.71. The van der Waals surface area contributed by atoms with Gasteiger partial charge in [0.1, 0.15) is 0 Å². The molecule has 3 rings (SSSR count). The Bertz CT molecular complexity index is 930. The van der Waals surface area contributed by atoms with Crippen molar-refractivity contribution in [2.75, 3.05) is 23.7 Å². The molecule has 5 nitrogen and oxygen atoms in total. The molecule has 7 heteroatoms. The Morgan fingerprint density at radius 1 is 1.19 bits per heavy atom. The predicted molar refractivity (Wildman–Crippen MR) is 104 cm³/mol. The average molecular weight is 393 g/mol. The normalized spacial score (nSPS) is 17.1. The molecule has 1 saturated heterocycles. The van der Waals surface area contributed by atoms with Gasteiger partial charge < -0.3 is 4.90 Å². The minimum Gasteiger partial charge on any atom is -0.335 e. The van der Waals surface area contributed by atoms with E-state index < -0.39 is 10.0 Å². The standard InChI is InChI=1S/C19H21ClN2O3S/c1-14(15-6-3-8-17(20)12-15)21(2)19(23)16-7-4-9-18(13-16)22-10-5-11-26(22,24)25/h3-4,6-9,12-14H,5,10-11H2,1-2H3. The van der Waals surface area contributed by atoms with Gasteiger partial charge in [-0.25, -0.2) is 8.42 Å². The van der Waals surface area contributed by atoms with Crippen LogP contribution in [0.2, 0.25) is 5.02 Å². The van der Waals surface area contributed by atoms with Crippen molar-refractivity contribution >= 4 is 33.2 Å². The van der Waals surface area contributed by atoms with Crippen LogP contribution in [0.5, 0.6) is 0 Å². The van der Waals surface area contributed by atoms with Crippen LogP contribution in [0.3, 0.4) is 0 Å². The summed E-state index contributed by atoms with van der Waals surface area (Å²) in [6, 6.07) is 14.0. The fourth-order valence-electron chi connectivity index (χ4n) is 3.09. The number of halogens is 1. The largest absolute Gasteiger partial charge is 0.335 e. The number of benzene rings is 2. The summed E-state index contributed by atoms with van der Waals surface area (Å²) in [5, 5.41) is 0.622. The highest BCUT2D eigenvalue weighted by molar-refractivity contribution is 7.93. The van der Waals surface area contributed by atoms with Crippen molar-refractivity contribution in [2.24, 2.45) is 0 Å². The molecule has 0 aliphatic carbocycles. The molecular formula is C19H21ClN2O3S. The van der Waals surface area contributed by atoms with Crippen molar-refractivity contribution in [1.29, 1.82) is 0 Å². The van der Waals surface area contributed by atoms with Gasteiger partial charge in [0.05, 0.1) is 17.5 Å². The van der Waals surface area contributed by atoms with E-state index in [4.69, 9.17) is 11.6 Å². The van der Waals surface area contributed by atoms with Gasteiger partial charge in [-0.3, -0.25) is 9.10 Å². The Kier molecular flexibility index (Phi) is 5.25. The summed E-state index contributed by atoms with van der Waals surface area (Å²) < 4.78 is 25.6. The molecule has 2 aromatic rings. The van der Waals surface area contributed by atoms with Gasteiger partial charge in [0.25, 0.3) is 5.91 Å². The molecule has 2 aromatic carbocycles. The van der Waals surface area contributed by atoms with Crippen molar-refractivity contribution < 1.29 is 13.2 Å². The topological polar surface area (TPSA) is 57.7 Å². The number of carbonyl (C=O) groups excluding carboxylic acids is 1. The van der Waals surface area contributed by atoms with Crippen LogP contribution in [0.15, 0.2) is 48.5 Å². The molecule has 0 aromatic heterocycles. The van der Waals surface area contributed by atoms with E-state index >= 15 is 0 Å². The Morgan fingerprint density at radius 3 is 2.58 bits per heavy atom. The first kappa shape index (κ1) is 18.7. The van der Waals surface area contributed by atoms with Crippen LogP contribution in [0.1, 0.15) is 35.3 Å². The number of hydrogen-bond acceptors (Lipinski definition) is 3. The summed E-state index contributed by atoms with van der Waals surface area (Å²) in [5.41, 5.74) is 1.93. The molecule has 1 atom stereocenters. The molecule has 1 amide bonds. The number of nitrogens with zero attached hydrogens (tertiary/aromatic N) is 2. The molecule has 26 heavy (non-hydrogen) atoms. The minimum absolute atomic E-state index is 0.150. The van der Waals surface area contributed by atoms with Gasteiger partial charge >= 0.3 is 0 Å². The number of sulfonamides is 1. The molecular weight excluding hydrogens is 372 g/mol. The SMILES string of the molecule is CC(c1cccc(Cl)c1)N(C)C(=O)c1cccc(N2CCCS2(=O)=O)c1. The molecule has 1 unspecified atom stereocenters. The zero-order valence-corrected chi connectivity index (χ0v) is 16.3. The second-order valence-electron chi connectivity index (χ2n) is 6.44. The van der Waals surface area contributed by atoms with Gasteiger partial charge in [0, 0.05) is 24.2 Å². The van der Waals surface area contributed by atoms with Gasteiger partial charge in [-0.1, -0.05) is 29.8 Å². The average Bonchev–Trinajstić information content (AvgIpc) is 2.99. The quantitative estimate of drug-likeness (QED) is 0.796. The van der Waals surface area contributed by atoms with E-state index in [9.17, 15) is 13.2 Å². The predicted octanol–water partition coefficient (Wildman–Crippen LogP) is 3.71. The Labute approximate surface area is 159 Å². The van der Waals surface area contributed by atoms with Crippen molar-refractivity contribution in [3.05, 3.63) is 64.7 Å². The van der Waals surface area contributed by atoms with E-state index in [2.05, 4.69) is 0 Å². The van der Waals surface area contributed by atoms with E-state index in [-0.39, 0.29) is 17.7 Å². The van der Waals surface area contributed by atoms with E-state index in [1.54, 1.807) is 42.3 Å². The molecule has 0 spiro atoms. The van der Waals surface area contributed by atoms with E-state index in [0.717, 1.165) is 5.56 Å². The molecule has 1 aliphatic heterocycles. The lowest BCUT2D eigenvalue weighted by atomic mass is 10.1. The highest BCUT2D eigenvalue weighted by atomic mass is 35.5. The zero-order valence-electron chi connectivity index (χ0n) is 14.7. The van der Waals surface area contributed by atoms with Crippen LogP contribution in [0, 0.1) is 0 Å². The maximum atomic E-state index is 12.9. The van der Waals surface area contributed by atoms with Crippen LogP contribution >= 0.6 is 11.6 Å². The van der Waals surface area contributed by atoms with Crippen LogP contribution in [0.4, 0.5) is 5.69 Å². The second-order valence-corrected chi connectivity index (χ2v) is 8.89. The number of carbonyl (C=O) groups is 1. The van der Waals surface area contributed by atoms with Gasteiger partial charge in [-0.05, 0) is 49.2 Å². The maximum absolute atomic E-state index is 12.9. The molecule has 1 aliphatic rings. The van der Waals surface area contributed by atoms with Gasteiger partial charge in [-0.2, -0.15) is 0 Å². The van der Waals surface area contributed by atoms with Crippen molar-refractivity contribution in [2.45, 2.75) is 19.4 Å². The molecule has 0 radical (unpaired) electrons. The fourth-order valence-corrected chi connectivity index (χ4v) is 4.85. The van der Waals surface area contributed by atoms with Crippen molar-refractivity contribution in [3.8, 4) is 0 Å². The van der Waals surface area contributed by atoms with Crippen LogP contribution in [-0.2, 0) is 10.0 Å². The number of anilines is 1. The molecule has 138 valence electrons. The molecule has 1 heterocycles. The third kappa shape index (κ3) is 3.71. The lowest BCUT2D eigenvalue weighted by molar-refractivity contribution is 0.0742. The van der Waals surface area contributed by atoms with Gasteiger partial charge in [0.15, 0.2) is 0 Å². The number of hydrogen-bond donors (Lipinski definition) is 0. The second kappa shape index (κ2) is 7.29. The summed E-state index contributed by atoms with van der Waals surface area (Å²) in [6.45, 7) is 2.38. The number of rotatable bonds is 4. The summed E-state index contributed by atoms with van der Waals surface area (Å²) in [4.78, 5) is 14.5. The minimum atomic E-state index is -3.27. The fraction of sp³-hybridized carbons (Fsp3) is 0.316. The van der Waals surface area contributed by atoms with Crippen LogP contribution in [-0.4, -0.2) is 38.6 Å². The molecule has 1 fully saturated rings. The van der Waals surface area contributed by atoms with Gasteiger partial charge in [-0.15, -0.1) is 0 Å². The van der Waals surface area contributed by atoms with E-state index in [0.29, 0.717) is 29.2 Å². The zero-order chi connectivity index (χ0) is 18.9. The first-order chi connectivity index (χ1) is 12.3. The lowest BCUT2D eigenvalue weighted by Gasteiger charge is -2.26. The van der Waals surface area contributed by atoms with Crippen LogP contribution < -0.4 is 4.31 Å². The highest BCUT2D eigenvalue weighted by Gasteiger charge is 2.29. The molecule has 0 N–H and O–H groups in total. The Hall–Kier alpha value is -2.05. The summed E-state index contributed by atoms with van der Waals surface area (Å²) in [5.74, 6) is -0.0208. The monoisotopic (exact) mass is 392 g/mol. The van der Waals surface area contributed by atoms with Crippen molar-refractivity contribution in [3.63, 3.8) is 0 Å². The highest BCUT2D eigenvalue weighted by Crippen LogP contribution is 2.27. The van der Waals surface area contributed by atoms with Crippen LogP contribution in [0.25, 0.3) is 0 Å². The lowest BCUT2D eigenvalue weighted by Crippen LogP contribution is -2.30. The Morgan fingerprint density at radius 2 is 1.92 bits per heavy atom. The first-order valence-corrected chi connectivity index (χ1v) is 10.4. The molecule has 0 saturated carbocycles. The number of amides is 1.